The molecule has 1 N–H and O–H groups in total. The standard InChI is InChI=1S/C17H20BF3O4/c1-15(2)16(3,4)25-18(24-15)11-7-10-8-12(5-6-22)23-14(10)13(9-11)17(19,20)21/h7-9,22H,5-6H2,1-4H3. The van der Waals surface area contributed by atoms with Gasteiger partial charge in [0.2, 0.25) is 0 Å². The third-order valence-corrected chi connectivity index (χ3v) is 4.88. The highest BCUT2D eigenvalue weighted by atomic mass is 19.4. The number of rotatable bonds is 3. The first-order valence-electron chi connectivity index (χ1n) is 8.05. The van der Waals surface area contributed by atoms with E-state index in [2.05, 4.69) is 0 Å². The van der Waals surface area contributed by atoms with Crippen molar-refractivity contribution in [2.75, 3.05) is 6.61 Å². The fourth-order valence-corrected chi connectivity index (χ4v) is 2.79. The molecule has 0 bridgehead atoms. The van der Waals surface area contributed by atoms with E-state index in [1.165, 1.54) is 6.07 Å². The predicted molar refractivity (Wildman–Crippen MR) is 87.7 cm³/mol. The molecule has 0 unspecified atom stereocenters. The average molecular weight is 356 g/mol. The smallest absolute Gasteiger partial charge is 0.460 e. The third kappa shape index (κ3) is 3.18. The molecule has 0 radical (unpaired) electrons. The van der Waals surface area contributed by atoms with Crippen LogP contribution in [0.4, 0.5) is 13.2 Å². The zero-order valence-electron chi connectivity index (χ0n) is 14.5. The molecular weight excluding hydrogens is 336 g/mol. The summed E-state index contributed by atoms with van der Waals surface area (Å²) in [6.45, 7) is 7.16. The summed E-state index contributed by atoms with van der Waals surface area (Å²) in [4.78, 5) is 0. The van der Waals surface area contributed by atoms with Crippen LogP contribution in [0.15, 0.2) is 22.6 Å². The molecule has 0 aliphatic carbocycles. The molecule has 1 fully saturated rings. The first-order valence-corrected chi connectivity index (χ1v) is 8.05. The highest BCUT2D eigenvalue weighted by Crippen LogP contribution is 2.39. The molecule has 2 heterocycles. The Balaban J connectivity index is 2.11. The average Bonchev–Trinajstić information content (AvgIpc) is 2.94. The maximum atomic E-state index is 13.5. The van der Waals surface area contributed by atoms with E-state index in [1.54, 1.807) is 6.07 Å². The Morgan fingerprint density at radius 2 is 1.64 bits per heavy atom. The Hall–Kier alpha value is -1.51. The summed E-state index contributed by atoms with van der Waals surface area (Å²) in [5.41, 5.74) is -2.13. The molecule has 1 aliphatic rings. The van der Waals surface area contributed by atoms with Crippen molar-refractivity contribution in [1.29, 1.82) is 0 Å². The normalized spacial score (nSPS) is 19.8. The summed E-state index contributed by atoms with van der Waals surface area (Å²) in [6, 6.07) is 4.10. The summed E-state index contributed by atoms with van der Waals surface area (Å²) in [5, 5.41) is 9.30. The zero-order valence-corrected chi connectivity index (χ0v) is 14.5. The van der Waals surface area contributed by atoms with E-state index in [0.29, 0.717) is 11.1 Å². The maximum absolute atomic E-state index is 13.5. The molecule has 0 spiro atoms. The van der Waals surface area contributed by atoms with Crippen LogP contribution in [0.1, 0.15) is 39.0 Å². The molecule has 1 aromatic heterocycles. The van der Waals surface area contributed by atoms with Gasteiger partial charge in [0.25, 0.3) is 0 Å². The molecule has 0 atom stereocenters. The second-order valence-corrected chi connectivity index (χ2v) is 7.26. The second kappa shape index (κ2) is 5.76. The van der Waals surface area contributed by atoms with E-state index < -0.39 is 30.1 Å². The Kier molecular flexibility index (Phi) is 4.21. The lowest BCUT2D eigenvalue weighted by Gasteiger charge is -2.32. The van der Waals surface area contributed by atoms with Crippen molar-refractivity contribution in [3.8, 4) is 0 Å². The van der Waals surface area contributed by atoms with Crippen LogP contribution in [0.25, 0.3) is 11.0 Å². The fourth-order valence-electron chi connectivity index (χ4n) is 2.79. The van der Waals surface area contributed by atoms with Crippen molar-refractivity contribution in [2.45, 2.75) is 51.5 Å². The number of aliphatic hydroxyl groups excluding tert-OH is 1. The van der Waals surface area contributed by atoms with E-state index in [-0.39, 0.29) is 24.1 Å². The van der Waals surface area contributed by atoms with Gasteiger partial charge in [-0.25, -0.2) is 0 Å². The number of fused-ring (bicyclic) bond motifs is 1. The minimum atomic E-state index is -4.58. The summed E-state index contributed by atoms with van der Waals surface area (Å²) in [7, 11) is -0.897. The van der Waals surface area contributed by atoms with Crippen LogP contribution >= 0.6 is 0 Å². The van der Waals surface area contributed by atoms with Gasteiger partial charge in [-0.05, 0) is 45.3 Å². The van der Waals surface area contributed by atoms with Crippen molar-refractivity contribution >= 4 is 23.6 Å². The van der Waals surface area contributed by atoms with Gasteiger partial charge in [-0.15, -0.1) is 0 Å². The van der Waals surface area contributed by atoms with Gasteiger partial charge >= 0.3 is 13.3 Å². The molecule has 0 amide bonds. The van der Waals surface area contributed by atoms with Crippen molar-refractivity contribution in [3.05, 3.63) is 29.5 Å². The minimum Gasteiger partial charge on any atom is -0.460 e. The van der Waals surface area contributed by atoms with Crippen LogP contribution in [0.2, 0.25) is 0 Å². The second-order valence-electron chi connectivity index (χ2n) is 7.26. The first-order chi connectivity index (χ1) is 11.4. The highest BCUT2D eigenvalue weighted by molar-refractivity contribution is 6.62. The number of halogens is 3. The highest BCUT2D eigenvalue weighted by Gasteiger charge is 2.52. The molecule has 25 heavy (non-hydrogen) atoms. The van der Waals surface area contributed by atoms with Crippen molar-refractivity contribution in [3.63, 3.8) is 0 Å². The van der Waals surface area contributed by atoms with Crippen LogP contribution in [-0.2, 0) is 21.9 Å². The SMILES string of the molecule is CC1(C)OB(c2cc(C(F)(F)F)c3oc(CCO)cc3c2)OC1(C)C. The lowest BCUT2D eigenvalue weighted by atomic mass is 9.77. The predicted octanol–water partition coefficient (Wildman–Crippen LogP) is 3.29. The number of hydrogen-bond donors (Lipinski definition) is 1. The lowest BCUT2D eigenvalue weighted by molar-refractivity contribution is -0.136. The van der Waals surface area contributed by atoms with E-state index in [9.17, 15) is 13.2 Å². The largest absolute Gasteiger partial charge is 0.494 e. The molecule has 4 nitrogen and oxygen atoms in total. The van der Waals surface area contributed by atoms with Gasteiger partial charge < -0.3 is 18.8 Å². The minimum absolute atomic E-state index is 0.151. The zero-order chi connectivity index (χ0) is 18.6. The maximum Gasteiger partial charge on any atom is 0.494 e. The number of benzene rings is 1. The molecule has 2 aromatic rings. The summed E-state index contributed by atoms with van der Waals surface area (Å²) < 4.78 is 57.5. The molecule has 1 saturated heterocycles. The van der Waals surface area contributed by atoms with Crippen LogP contribution < -0.4 is 5.46 Å². The lowest BCUT2D eigenvalue weighted by Crippen LogP contribution is -2.41. The van der Waals surface area contributed by atoms with Gasteiger partial charge in [0, 0.05) is 11.8 Å². The molecular formula is C17H20BF3O4. The van der Waals surface area contributed by atoms with E-state index >= 15 is 0 Å². The quantitative estimate of drug-likeness (QED) is 0.858. The monoisotopic (exact) mass is 356 g/mol. The van der Waals surface area contributed by atoms with Gasteiger partial charge in [-0.1, -0.05) is 6.07 Å². The van der Waals surface area contributed by atoms with Crippen LogP contribution in [0.3, 0.4) is 0 Å². The van der Waals surface area contributed by atoms with Crippen LogP contribution in [0, 0.1) is 0 Å². The molecule has 136 valence electrons. The van der Waals surface area contributed by atoms with Gasteiger partial charge in [0.05, 0.1) is 23.4 Å². The Morgan fingerprint density at radius 3 is 2.16 bits per heavy atom. The third-order valence-electron chi connectivity index (χ3n) is 4.88. The van der Waals surface area contributed by atoms with E-state index in [1.807, 2.05) is 27.7 Å². The number of hydrogen-bond acceptors (Lipinski definition) is 4. The van der Waals surface area contributed by atoms with Gasteiger partial charge in [0.1, 0.15) is 11.3 Å². The first kappa shape index (κ1) is 18.3. The van der Waals surface area contributed by atoms with Crippen molar-refractivity contribution in [2.24, 2.45) is 0 Å². The summed E-state index contributed by atoms with van der Waals surface area (Å²) >= 11 is 0. The van der Waals surface area contributed by atoms with Gasteiger partial charge in [-0.2, -0.15) is 13.2 Å². The topological polar surface area (TPSA) is 51.8 Å². The van der Waals surface area contributed by atoms with E-state index in [4.69, 9.17) is 18.8 Å². The Morgan fingerprint density at radius 1 is 1.04 bits per heavy atom. The number of aliphatic hydroxyl groups is 1. The summed E-state index contributed by atoms with van der Waals surface area (Å²) in [6.07, 6.45) is -4.43. The molecule has 8 heteroatoms. The summed E-state index contributed by atoms with van der Waals surface area (Å²) in [5.74, 6) is 0.300. The van der Waals surface area contributed by atoms with Gasteiger partial charge in [-0.3, -0.25) is 0 Å². The van der Waals surface area contributed by atoms with Crippen molar-refractivity contribution in [1.82, 2.24) is 0 Å². The van der Waals surface area contributed by atoms with Gasteiger partial charge in [0.15, 0.2) is 0 Å². The Labute approximate surface area is 144 Å². The molecule has 1 aliphatic heterocycles. The Bertz CT molecular complexity index is 779. The molecule has 1 aromatic carbocycles. The van der Waals surface area contributed by atoms with E-state index in [0.717, 1.165) is 6.07 Å². The van der Waals surface area contributed by atoms with Crippen LogP contribution in [-0.4, -0.2) is 30.0 Å². The molecule has 3 rings (SSSR count). The number of furan rings is 1. The van der Waals surface area contributed by atoms with Crippen molar-refractivity contribution < 1.29 is 32.0 Å². The van der Waals surface area contributed by atoms with Crippen LogP contribution in [0.5, 0.6) is 0 Å². The number of alkyl halides is 3. The fraction of sp³-hybridized carbons (Fsp3) is 0.529. The molecule has 0 saturated carbocycles.